The fourth-order valence-corrected chi connectivity index (χ4v) is 3.85. The Morgan fingerprint density at radius 2 is 1.81 bits per heavy atom. The SMILES string of the molecule is CC(C)[C@H](NC(=O)CCCS(=O)(=O)N1CCCC1)C(=O)O. The summed E-state index contributed by atoms with van der Waals surface area (Å²) in [6, 6.07) is -0.937. The van der Waals surface area contributed by atoms with E-state index in [9.17, 15) is 18.0 Å². The van der Waals surface area contributed by atoms with E-state index in [2.05, 4.69) is 5.32 Å². The van der Waals surface area contributed by atoms with E-state index in [-0.39, 0.29) is 24.5 Å². The zero-order valence-electron chi connectivity index (χ0n) is 12.5. The van der Waals surface area contributed by atoms with Crippen molar-refractivity contribution >= 4 is 21.9 Å². The van der Waals surface area contributed by atoms with Gasteiger partial charge in [-0.1, -0.05) is 13.8 Å². The molecule has 0 aliphatic carbocycles. The average molecular weight is 320 g/mol. The van der Waals surface area contributed by atoms with Crippen LogP contribution in [0.25, 0.3) is 0 Å². The molecule has 1 aliphatic heterocycles. The normalized spacial score (nSPS) is 17.9. The third kappa shape index (κ3) is 5.62. The Morgan fingerprint density at radius 1 is 1.24 bits per heavy atom. The van der Waals surface area contributed by atoms with Crippen molar-refractivity contribution in [2.75, 3.05) is 18.8 Å². The molecule has 2 N–H and O–H groups in total. The lowest BCUT2D eigenvalue weighted by Crippen LogP contribution is -2.44. The molecule has 0 spiro atoms. The van der Waals surface area contributed by atoms with Crippen LogP contribution in [0.5, 0.6) is 0 Å². The third-order valence-electron chi connectivity index (χ3n) is 3.51. The maximum Gasteiger partial charge on any atom is 0.326 e. The van der Waals surface area contributed by atoms with Crippen LogP contribution in [0, 0.1) is 5.92 Å². The number of nitrogens with one attached hydrogen (secondary N) is 1. The van der Waals surface area contributed by atoms with Gasteiger partial charge in [-0.15, -0.1) is 0 Å². The number of carboxylic acids is 1. The fourth-order valence-electron chi connectivity index (χ4n) is 2.27. The minimum atomic E-state index is -3.28. The van der Waals surface area contributed by atoms with E-state index in [0.29, 0.717) is 13.1 Å². The molecular formula is C13H24N2O5S. The Balaban J connectivity index is 2.37. The van der Waals surface area contributed by atoms with E-state index in [1.165, 1.54) is 4.31 Å². The van der Waals surface area contributed by atoms with Gasteiger partial charge in [-0.3, -0.25) is 4.79 Å². The van der Waals surface area contributed by atoms with Crippen LogP contribution >= 0.6 is 0 Å². The summed E-state index contributed by atoms with van der Waals surface area (Å²) in [5, 5.41) is 11.4. The number of sulfonamides is 1. The quantitative estimate of drug-likeness (QED) is 0.674. The molecule has 1 fully saturated rings. The van der Waals surface area contributed by atoms with Gasteiger partial charge >= 0.3 is 5.97 Å². The Morgan fingerprint density at radius 3 is 2.29 bits per heavy atom. The lowest BCUT2D eigenvalue weighted by Gasteiger charge is -2.18. The molecule has 0 aromatic carbocycles. The summed E-state index contributed by atoms with van der Waals surface area (Å²) in [5.41, 5.74) is 0. The monoisotopic (exact) mass is 320 g/mol. The zero-order chi connectivity index (χ0) is 16.0. The van der Waals surface area contributed by atoms with Gasteiger partial charge in [-0.25, -0.2) is 17.5 Å². The predicted molar refractivity (Wildman–Crippen MR) is 78.2 cm³/mol. The summed E-state index contributed by atoms with van der Waals surface area (Å²) in [6.07, 6.45) is 1.99. The van der Waals surface area contributed by atoms with E-state index in [1.807, 2.05) is 0 Å². The van der Waals surface area contributed by atoms with Gasteiger partial charge in [-0.2, -0.15) is 0 Å². The van der Waals surface area contributed by atoms with Gasteiger partial charge in [0.25, 0.3) is 0 Å². The number of carbonyl (C=O) groups excluding carboxylic acids is 1. The van der Waals surface area contributed by atoms with E-state index in [4.69, 9.17) is 5.11 Å². The third-order valence-corrected chi connectivity index (χ3v) is 5.47. The van der Waals surface area contributed by atoms with E-state index >= 15 is 0 Å². The number of aliphatic carboxylic acids is 1. The molecule has 7 nitrogen and oxygen atoms in total. The molecule has 8 heteroatoms. The first-order valence-corrected chi connectivity index (χ1v) is 8.85. The Hall–Kier alpha value is -1.15. The number of carboxylic acid groups (broad SMARTS) is 1. The molecule has 1 amide bonds. The molecule has 1 heterocycles. The van der Waals surface area contributed by atoms with Crippen LogP contribution in [0.15, 0.2) is 0 Å². The predicted octanol–water partition coefficient (Wildman–Crippen LogP) is 0.418. The Bertz CT molecular complexity index is 469. The van der Waals surface area contributed by atoms with Crippen LogP contribution in [0.1, 0.15) is 39.5 Å². The molecule has 0 radical (unpaired) electrons. The van der Waals surface area contributed by atoms with Crippen molar-refractivity contribution in [3.63, 3.8) is 0 Å². The summed E-state index contributed by atoms with van der Waals surface area (Å²) < 4.78 is 25.4. The molecule has 1 aliphatic rings. The first-order valence-electron chi connectivity index (χ1n) is 7.24. The molecule has 122 valence electrons. The summed E-state index contributed by atoms with van der Waals surface area (Å²) in [5.74, 6) is -1.80. The standard InChI is InChI=1S/C13H24N2O5S/c1-10(2)12(13(17)18)14-11(16)6-5-9-21(19,20)15-7-3-4-8-15/h10,12H,3-9H2,1-2H3,(H,14,16)(H,17,18)/t12-/m0/s1. The van der Waals surface area contributed by atoms with Crippen molar-refractivity contribution in [2.45, 2.75) is 45.6 Å². The van der Waals surface area contributed by atoms with Gasteiger partial charge in [0.2, 0.25) is 15.9 Å². The zero-order valence-corrected chi connectivity index (χ0v) is 13.4. The minimum Gasteiger partial charge on any atom is -0.480 e. The number of hydrogen-bond donors (Lipinski definition) is 2. The van der Waals surface area contributed by atoms with Gasteiger partial charge in [0.05, 0.1) is 5.75 Å². The van der Waals surface area contributed by atoms with Crippen LogP contribution in [0.4, 0.5) is 0 Å². The lowest BCUT2D eigenvalue weighted by atomic mass is 10.0. The van der Waals surface area contributed by atoms with E-state index in [1.54, 1.807) is 13.8 Å². The Labute approximate surface area is 125 Å². The van der Waals surface area contributed by atoms with Crippen molar-refractivity contribution in [2.24, 2.45) is 5.92 Å². The lowest BCUT2D eigenvalue weighted by molar-refractivity contribution is -0.143. The van der Waals surface area contributed by atoms with Gasteiger partial charge in [0.15, 0.2) is 0 Å². The van der Waals surface area contributed by atoms with Crippen LogP contribution < -0.4 is 5.32 Å². The van der Waals surface area contributed by atoms with E-state index in [0.717, 1.165) is 12.8 Å². The largest absolute Gasteiger partial charge is 0.480 e. The number of rotatable bonds is 8. The fraction of sp³-hybridized carbons (Fsp3) is 0.846. The number of carbonyl (C=O) groups is 2. The second-order valence-corrected chi connectivity index (χ2v) is 7.74. The highest BCUT2D eigenvalue weighted by atomic mass is 32.2. The highest BCUT2D eigenvalue weighted by Gasteiger charge is 2.26. The summed E-state index contributed by atoms with van der Waals surface area (Å²) in [6.45, 7) is 4.53. The molecule has 1 saturated heterocycles. The molecule has 1 rings (SSSR count). The molecule has 0 aromatic heterocycles. The summed E-state index contributed by atoms with van der Waals surface area (Å²) in [4.78, 5) is 22.7. The second-order valence-electron chi connectivity index (χ2n) is 5.65. The van der Waals surface area contributed by atoms with Gasteiger partial charge in [-0.05, 0) is 25.2 Å². The van der Waals surface area contributed by atoms with Crippen molar-refractivity contribution in [1.82, 2.24) is 9.62 Å². The van der Waals surface area contributed by atoms with Crippen molar-refractivity contribution in [3.8, 4) is 0 Å². The second kappa shape index (κ2) is 7.74. The van der Waals surface area contributed by atoms with Crippen LogP contribution in [0.2, 0.25) is 0 Å². The molecule has 0 aromatic rings. The smallest absolute Gasteiger partial charge is 0.326 e. The molecule has 0 saturated carbocycles. The van der Waals surface area contributed by atoms with Crippen LogP contribution in [-0.4, -0.2) is 54.6 Å². The number of nitrogens with zero attached hydrogens (tertiary/aromatic N) is 1. The van der Waals surface area contributed by atoms with Crippen LogP contribution in [0.3, 0.4) is 0 Å². The van der Waals surface area contributed by atoms with Gasteiger partial charge < -0.3 is 10.4 Å². The highest BCUT2D eigenvalue weighted by molar-refractivity contribution is 7.89. The van der Waals surface area contributed by atoms with Crippen molar-refractivity contribution in [1.29, 1.82) is 0 Å². The highest BCUT2D eigenvalue weighted by Crippen LogP contribution is 2.14. The topological polar surface area (TPSA) is 104 Å². The Kier molecular flexibility index (Phi) is 6.60. The number of hydrogen-bond acceptors (Lipinski definition) is 4. The summed E-state index contributed by atoms with van der Waals surface area (Å²) >= 11 is 0. The minimum absolute atomic E-state index is 0.0174. The maximum absolute atomic E-state index is 12.0. The molecule has 1 atom stereocenters. The molecular weight excluding hydrogens is 296 g/mol. The first kappa shape index (κ1) is 17.9. The van der Waals surface area contributed by atoms with Gasteiger partial charge in [0.1, 0.15) is 6.04 Å². The van der Waals surface area contributed by atoms with E-state index < -0.39 is 27.9 Å². The van der Waals surface area contributed by atoms with Crippen molar-refractivity contribution in [3.05, 3.63) is 0 Å². The molecule has 0 unspecified atom stereocenters. The first-order chi connectivity index (χ1) is 9.74. The maximum atomic E-state index is 12.0. The molecule has 21 heavy (non-hydrogen) atoms. The van der Waals surface area contributed by atoms with Crippen molar-refractivity contribution < 1.29 is 23.1 Å². The molecule has 0 bridgehead atoms. The van der Waals surface area contributed by atoms with Gasteiger partial charge in [0, 0.05) is 19.5 Å². The summed E-state index contributed by atoms with van der Waals surface area (Å²) in [7, 11) is -3.28. The van der Waals surface area contributed by atoms with Crippen LogP contribution in [-0.2, 0) is 19.6 Å². The number of amides is 1. The average Bonchev–Trinajstić information content (AvgIpc) is 2.89.